The molecule has 0 bridgehead atoms. The molecular formula is C16H18F3N3O2S. The average Bonchev–Trinajstić information content (AvgIpc) is 3.01. The standard InChI is InChI=1S/C16H18F3N3O2S/c1-9(2)24-11-4-3-10(12(5-11)16(17,18)19)7-21-15(23)13-8-25-14(6-20)22-13/h3-5,8-9H,6-7,20H2,1-2H3,(H,21,23). The van der Waals surface area contributed by atoms with E-state index in [0.717, 1.165) is 6.07 Å². The molecule has 0 aliphatic rings. The van der Waals surface area contributed by atoms with Gasteiger partial charge in [-0.05, 0) is 31.5 Å². The summed E-state index contributed by atoms with van der Waals surface area (Å²) < 4.78 is 45.1. The van der Waals surface area contributed by atoms with Crippen molar-refractivity contribution in [1.29, 1.82) is 0 Å². The third-order valence-corrected chi connectivity index (χ3v) is 4.03. The molecule has 0 spiro atoms. The molecular weight excluding hydrogens is 355 g/mol. The van der Waals surface area contributed by atoms with Gasteiger partial charge in [-0.15, -0.1) is 11.3 Å². The van der Waals surface area contributed by atoms with Crippen molar-refractivity contribution in [1.82, 2.24) is 10.3 Å². The molecule has 0 radical (unpaired) electrons. The van der Waals surface area contributed by atoms with Crippen molar-refractivity contribution in [3.05, 3.63) is 45.4 Å². The van der Waals surface area contributed by atoms with E-state index >= 15 is 0 Å². The number of nitrogens with one attached hydrogen (secondary N) is 1. The lowest BCUT2D eigenvalue weighted by Crippen LogP contribution is -2.25. The summed E-state index contributed by atoms with van der Waals surface area (Å²) in [6.07, 6.45) is -4.79. The highest BCUT2D eigenvalue weighted by atomic mass is 32.1. The SMILES string of the molecule is CC(C)Oc1ccc(CNC(=O)c2csc(CN)n2)c(C(F)(F)F)c1. The summed E-state index contributed by atoms with van der Waals surface area (Å²) in [6, 6.07) is 3.69. The zero-order valence-electron chi connectivity index (χ0n) is 13.7. The molecule has 1 amide bonds. The molecule has 25 heavy (non-hydrogen) atoms. The van der Waals surface area contributed by atoms with Crippen molar-refractivity contribution in [2.75, 3.05) is 0 Å². The Hall–Kier alpha value is -2.13. The molecule has 0 saturated heterocycles. The molecule has 2 rings (SSSR count). The molecule has 3 N–H and O–H groups in total. The molecule has 0 fully saturated rings. The number of nitrogens with zero attached hydrogens (tertiary/aromatic N) is 1. The molecule has 0 atom stereocenters. The van der Waals surface area contributed by atoms with Gasteiger partial charge < -0.3 is 15.8 Å². The van der Waals surface area contributed by atoms with E-state index in [2.05, 4.69) is 10.3 Å². The predicted octanol–water partition coefficient (Wildman–Crippen LogP) is 3.34. The molecule has 0 aliphatic heterocycles. The topological polar surface area (TPSA) is 77.2 Å². The molecule has 2 aromatic rings. The van der Waals surface area contributed by atoms with E-state index in [1.165, 1.54) is 28.8 Å². The van der Waals surface area contributed by atoms with Crippen LogP contribution < -0.4 is 15.8 Å². The highest BCUT2D eigenvalue weighted by Crippen LogP contribution is 2.34. The maximum atomic E-state index is 13.3. The molecule has 136 valence electrons. The molecule has 0 aliphatic carbocycles. The number of thiazole rings is 1. The zero-order valence-corrected chi connectivity index (χ0v) is 14.5. The second-order valence-electron chi connectivity index (χ2n) is 5.50. The van der Waals surface area contributed by atoms with E-state index in [0.29, 0.717) is 5.01 Å². The van der Waals surface area contributed by atoms with Gasteiger partial charge in [0.2, 0.25) is 0 Å². The van der Waals surface area contributed by atoms with Gasteiger partial charge in [0.05, 0.1) is 11.7 Å². The van der Waals surface area contributed by atoms with Gasteiger partial charge in [-0.25, -0.2) is 4.98 Å². The predicted molar refractivity (Wildman–Crippen MR) is 88.4 cm³/mol. The highest BCUT2D eigenvalue weighted by Gasteiger charge is 2.34. The highest BCUT2D eigenvalue weighted by molar-refractivity contribution is 7.09. The zero-order chi connectivity index (χ0) is 18.6. The quantitative estimate of drug-likeness (QED) is 0.814. The fraction of sp³-hybridized carbons (Fsp3) is 0.375. The number of halogens is 3. The lowest BCUT2D eigenvalue weighted by Gasteiger charge is -2.16. The van der Waals surface area contributed by atoms with Crippen molar-refractivity contribution in [2.45, 2.75) is 39.2 Å². The first-order valence-electron chi connectivity index (χ1n) is 7.50. The first-order chi connectivity index (χ1) is 11.7. The third kappa shape index (κ3) is 5.17. The number of rotatable bonds is 6. The molecule has 1 aromatic carbocycles. The smallest absolute Gasteiger partial charge is 0.416 e. The van der Waals surface area contributed by atoms with Gasteiger partial charge >= 0.3 is 6.18 Å². The number of carbonyl (C=O) groups is 1. The Balaban J connectivity index is 2.16. The number of ether oxygens (including phenoxy) is 1. The van der Waals surface area contributed by atoms with Crippen LogP contribution in [0.2, 0.25) is 0 Å². The van der Waals surface area contributed by atoms with Gasteiger partial charge in [0.15, 0.2) is 0 Å². The first-order valence-corrected chi connectivity index (χ1v) is 8.38. The summed E-state index contributed by atoms with van der Waals surface area (Å²) in [7, 11) is 0. The number of hydrogen-bond donors (Lipinski definition) is 2. The molecule has 0 saturated carbocycles. The number of nitrogens with two attached hydrogens (primary N) is 1. The van der Waals surface area contributed by atoms with Crippen LogP contribution in [0.1, 0.15) is 40.5 Å². The minimum absolute atomic E-state index is 0.0498. The van der Waals surface area contributed by atoms with Crippen LogP contribution in [0.5, 0.6) is 5.75 Å². The lowest BCUT2D eigenvalue weighted by atomic mass is 10.1. The summed E-state index contributed by atoms with van der Waals surface area (Å²) in [5.41, 5.74) is 4.67. The Labute approximate surface area is 147 Å². The third-order valence-electron chi connectivity index (χ3n) is 3.16. The van der Waals surface area contributed by atoms with Crippen molar-refractivity contribution in [3.8, 4) is 5.75 Å². The van der Waals surface area contributed by atoms with Crippen molar-refractivity contribution >= 4 is 17.2 Å². The van der Waals surface area contributed by atoms with Gasteiger partial charge in [0.25, 0.3) is 5.91 Å². The largest absolute Gasteiger partial charge is 0.491 e. The number of carbonyl (C=O) groups excluding carboxylic acids is 1. The fourth-order valence-electron chi connectivity index (χ4n) is 2.09. The number of aromatic nitrogens is 1. The summed E-state index contributed by atoms with van der Waals surface area (Å²) in [4.78, 5) is 16.0. The van der Waals surface area contributed by atoms with E-state index < -0.39 is 17.6 Å². The fourth-order valence-corrected chi connectivity index (χ4v) is 2.75. The Morgan fingerprint density at radius 2 is 2.12 bits per heavy atom. The van der Waals surface area contributed by atoms with E-state index in [1.807, 2.05) is 0 Å². The number of hydrogen-bond acceptors (Lipinski definition) is 5. The van der Waals surface area contributed by atoms with Crippen LogP contribution in [0.15, 0.2) is 23.6 Å². The van der Waals surface area contributed by atoms with Crippen LogP contribution >= 0.6 is 11.3 Å². The van der Waals surface area contributed by atoms with Gasteiger partial charge in [0.1, 0.15) is 16.5 Å². The maximum Gasteiger partial charge on any atom is 0.416 e. The van der Waals surface area contributed by atoms with Crippen molar-refractivity contribution in [2.24, 2.45) is 5.73 Å². The Kier molecular flexibility index (Phi) is 6.02. The maximum absolute atomic E-state index is 13.3. The summed E-state index contributed by atoms with van der Waals surface area (Å²) in [6.45, 7) is 3.38. The summed E-state index contributed by atoms with van der Waals surface area (Å²) in [5.74, 6) is -0.420. The minimum atomic E-state index is -4.55. The minimum Gasteiger partial charge on any atom is -0.491 e. The van der Waals surface area contributed by atoms with Crippen molar-refractivity contribution < 1.29 is 22.7 Å². The first kappa shape index (κ1) is 19.2. The van der Waals surface area contributed by atoms with Crippen LogP contribution in [-0.4, -0.2) is 17.0 Å². The normalized spacial score (nSPS) is 11.6. The number of amides is 1. The average molecular weight is 373 g/mol. The monoisotopic (exact) mass is 373 g/mol. The molecule has 1 aromatic heterocycles. The van der Waals surface area contributed by atoms with Gasteiger partial charge in [-0.2, -0.15) is 13.2 Å². The van der Waals surface area contributed by atoms with Crippen LogP contribution in [0.3, 0.4) is 0 Å². The molecule has 0 unspecified atom stereocenters. The number of alkyl halides is 3. The molecule has 9 heteroatoms. The van der Waals surface area contributed by atoms with Crippen LogP contribution in [0.25, 0.3) is 0 Å². The van der Waals surface area contributed by atoms with Crippen LogP contribution in [-0.2, 0) is 19.3 Å². The van der Waals surface area contributed by atoms with Crippen LogP contribution in [0.4, 0.5) is 13.2 Å². The Bertz CT molecular complexity index is 744. The molecule has 1 heterocycles. The Morgan fingerprint density at radius 3 is 2.68 bits per heavy atom. The van der Waals surface area contributed by atoms with Gasteiger partial charge in [0, 0.05) is 18.5 Å². The van der Waals surface area contributed by atoms with Gasteiger partial charge in [-0.1, -0.05) is 6.07 Å². The Morgan fingerprint density at radius 1 is 1.40 bits per heavy atom. The van der Waals surface area contributed by atoms with E-state index in [4.69, 9.17) is 10.5 Å². The van der Waals surface area contributed by atoms with Crippen molar-refractivity contribution in [3.63, 3.8) is 0 Å². The summed E-state index contributed by atoms with van der Waals surface area (Å²) in [5, 5.41) is 4.54. The second kappa shape index (κ2) is 7.83. The summed E-state index contributed by atoms with van der Waals surface area (Å²) >= 11 is 1.22. The molecule has 5 nitrogen and oxygen atoms in total. The van der Waals surface area contributed by atoms with E-state index in [9.17, 15) is 18.0 Å². The van der Waals surface area contributed by atoms with E-state index in [1.54, 1.807) is 13.8 Å². The number of benzene rings is 1. The van der Waals surface area contributed by atoms with E-state index in [-0.39, 0.29) is 36.2 Å². The lowest BCUT2D eigenvalue weighted by molar-refractivity contribution is -0.138. The van der Waals surface area contributed by atoms with Crippen LogP contribution in [0, 0.1) is 0 Å². The van der Waals surface area contributed by atoms with Gasteiger partial charge in [-0.3, -0.25) is 4.79 Å². The second-order valence-corrected chi connectivity index (χ2v) is 6.44.